The normalized spacial score (nSPS) is 15.8. The van der Waals surface area contributed by atoms with Crippen LogP contribution in [-0.4, -0.2) is 22.7 Å². The van der Waals surface area contributed by atoms with Crippen LogP contribution < -0.4 is 10.2 Å². The first-order valence-electron chi connectivity index (χ1n) is 6.80. The van der Waals surface area contributed by atoms with Crippen LogP contribution in [0.3, 0.4) is 0 Å². The van der Waals surface area contributed by atoms with Crippen LogP contribution in [0.25, 0.3) is 0 Å². The zero-order chi connectivity index (χ0) is 16.4. The minimum Gasteiger partial charge on any atom is -0.434 e. The highest BCUT2D eigenvalue weighted by molar-refractivity contribution is 6.30. The van der Waals surface area contributed by atoms with E-state index in [0.29, 0.717) is 10.9 Å². The summed E-state index contributed by atoms with van der Waals surface area (Å²) in [6.07, 6.45) is 0.687. The van der Waals surface area contributed by atoms with E-state index in [-0.39, 0.29) is 5.95 Å². The molecular formula is C15H14ClN3O4. The van der Waals surface area contributed by atoms with Gasteiger partial charge in [-0.1, -0.05) is 16.8 Å². The van der Waals surface area contributed by atoms with Crippen molar-refractivity contribution in [1.29, 1.82) is 0 Å². The Labute approximate surface area is 137 Å². The van der Waals surface area contributed by atoms with Crippen LogP contribution in [0.1, 0.15) is 19.4 Å². The molecule has 8 heteroatoms. The van der Waals surface area contributed by atoms with E-state index in [4.69, 9.17) is 25.6 Å². The van der Waals surface area contributed by atoms with Crippen molar-refractivity contribution >= 4 is 23.5 Å². The highest BCUT2D eigenvalue weighted by Gasteiger charge is 2.40. The van der Waals surface area contributed by atoms with Crippen molar-refractivity contribution in [3.63, 3.8) is 0 Å². The Kier molecular flexibility index (Phi) is 3.87. The summed E-state index contributed by atoms with van der Waals surface area (Å²) < 4.78 is 9.99. The summed E-state index contributed by atoms with van der Waals surface area (Å²) in [6, 6.07) is 10.1. The second-order valence-corrected chi connectivity index (χ2v) is 5.67. The maximum Gasteiger partial charge on any atom is 0.434 e. The summed E-state index contributed by atoms with van der Waals surface area (Å²) in [5.74, 6) is 0.522. The van der Waals surface area contributed by atoms with Crippen molar-refractivity contribution in [3.8, 4) is 5.95 Å². The molecule has 7 nitrogen and oxygen atoms in total. The van der Waals surface area contributed by atoms with Crippen LogP contribution in [-0.2, 0) is 4.84 Å². The van der Waals surface area contributed by atoms with E-state index in [1.54, 1.807) is 44.2 Å². The van der Waals surface area contributed by atoms with Crippen LogP contribution in [0, 0.1) is 0 Å². The number of nitrogens with one attached hydrogen (secondary N) is 1. The summed E-state index contributed by atoms with van der Waals surface area (Å²) >= 11 is 5.89. The maximum atomic E-state index is 12.0. The van der Waals surface area contributed by atoms with Gasteiger partial charge in [0.2, 0.25) is 5.72 Å². The standard InChI is InChI=1S/C15H14ClN3O4/c1-15(2)19(17-14(20)22-12-4-3-9-21-12)13(18-23-15)10-5-7-11(16)8-6-10/h3-9H,1-2H3,(H,17,20). The van der Waals surface area contributed by atoms with Gasteiger partial charge in [-0.15, -0.1) is 0 Å². The number of ether oxygens (including phenoxy) is 1. The minimum absolute atomic E-state index is 0.0883. The number of carbonyl (C=O) groups excluding carboxylic acids is 1. The van der Waals surface area contributed by atoms with E-state index < -0.39 is 11.8 Å². The molecule has 120 valence electrons. The van der Waals surface area contributed by atoms with Gasteiger partial charge in [0.15, 0.2) is 5.84 Å². The van der Waals surface area contributed by atoms with Gasteiger partial charge in [-0.05, 0) is 44.2 Å². The Morgan fingerprint density at radius 2 is 2.04 bits per heavy atom. The summed E-state index contributed by atoms with van der Waals surface area (Å²) in [5.41, 5.74) is 2.45. The van der Waals surface area contributed by atoms with Gasteiger partial charge in [-0.25, -0.2) is 15.2 Å². The zero-order valence-corrected chi connectivity index (χ0v) is 13.2. The molecule has 1 N–H and O–H groups in total. The van der Waals surface area contributed by atoms with E-state index in [1.807, 2.05) is 0 Å². The highest BCUT2D eigenvalue weighted by atomic mass is 35.5. The Balaban J connectivity index is 1.78. The Morgan fingerprint density at radius 1 is 1.30 bits per heavy atom. The summed E-state index contributed by atoms with van der Waals surface area (Å²) in [5, 5.41) is 6.10. The Morgan fingerprint density at radius 3 is 2.70 bits per heavy atom. The van der Waals surface area contributed by atoms with Gasteiger partial charge in [-0.2, -0.15) is 0 Å². The first kappa shape index (κ1) is 15.2. The van der Waals surface area contributed by atoms with Crippen molar-refractivity contribution in [2.24, 2.45) is 5.16 Å². The molecule has 1 aromatic carbocycles. The number of hydrazine groups is 1. The van der Waals surface area contributed by atoms with Crippen molar-refractivity contribution in [3.05, 3.63) is 53.2 Å². The lowest BCUT2D eigenvalue weighted by molar-refractivity contribution is -0.0831. The van der Waals surface area contributed by atoms with Gasteiger partial charge in [-0.3, -0.25) is 0 Å². The predicted molar refractivity (Wildman–Crippen MR) is 82.9 cm³/mol. The first-order valence-corrected chi connectivity index (χ1v) is 7.18. The molecule has 0 atom stereocenters. The first-order chi connectivity index (χ1) is 11.0. The molecule has 2 heterocycles. The molecular weight excluding hydrogens is 322 g/mol. The zero-order valence-electron chi connectivity index (χ0n) is 12.4. The van der Waals surface area contributed by atoms with Gasteiger partial charge in [0.05, 0.1) is 6.26 Å². The predicted octanol–water partition coefficient (Wildman–Crippen LogP) is 3.37. The van der Waals surface area contributed by atoms with Crippen LogP contribution >= 0.6 is 11.6 Å². The van der Waals surface area contributed by atoms with Crippen LogP contribution in [0.4, 0.5) is 4.79 Å². The number of carbonyl (C=O) groups is 1. The van der Waals surface area contributed by atoms with Gasteiger partial charge in [0.25, 0.3) is 5.95 Å². The lowest BCUT2D eigenvalue weighted by atomic mass is 10.2. The van der Waals surface area contributed by atoms with Crippen molar-refractivity contribution in [1.82, 2.24) is 10.4 Å². The lowest BCUT2D eigenvalue weighted by Gasteiger charge is -2.30. The average molecular weight is 336 g/mol. The molecule has 0 spiro atoms. The van der Waals surface area contributed by atoms with E-state index in [1.165, 1.54) is 17.3 Å². The van der Waals surface area contributed by atoms with E-state index in [2.05, 4.69) is 10.6 Å². The van der Waals surface area contributed by atoms with Crippen LogP contribution in [0.5, 0.6) is 5.95 Å². The molecule has 0 saturated heterocycles. The molecule has 23 heavy (non-hydrogen) atoms. The Bertz CT molecular complexity index is 726. The van der Waals surface area contributed by atoms with Crippen molar-refractivity contribution in [2.75, 3.05) is 0 Å². The number of nitrogens with zero attached hydrogens (tertiary/aromatic N) is 2. The number of benzene rings is 1. The molecule has 0 radical (unpaired) electrons. The fraction of sp³-hybridized carbons (Fsp3) is 0.200. The summed E-state index contributed by atoms with van der Waals surface area (Å²) in [4.78, 5) is 17.4. The maximum absolute atomic E-state index is 12.0. The minimum atomic E-state index is -0.878. The van der Waals surface area contributed by atoms with Gasteiger partial charge >= 0.3 is 6.09 Å². The number of rotatable bonds is 3. The van der Waals surface area contributed by atoms with Crippen LogP contribution in [0.2, 0.25) is 5.02 Å². The molecule has 3 rings (SSSR count). The summed E-state index contributed by atoms with van der Waals surface area (Å²) in [7, 11) is 0. The number of hydrogen-bond acceptors (Lipinski definition) is 6. The molecule has 0 bridgehead atoms. The van der Waals surface area contributed by atoms with Gasteiger partial charge in [0.1, 0.15) is 0 Å². The topological polar surface area (TPSA) is 76.3 Å². The fourth-order valence-corrected chi connectivity index (χ4v) is 2.11. The van der Waals surface area contributed by atoms with Crippen LogP contribution in [0.15, 0.2) is 52.2 Å². The highest BCUT2D eigenvalue weighted by Crippen LogP contribution is 2.25. The molecule has 0 fully saturated rings. The average Bonchev–Trinajstić information content (AvgIpc) is 3.09. The number of halogens is 1. The number of hydrogen-bond donors (Lipinski definition) is 1. The smallest absolute Gasteiger partial charge is 0.434 e. The van der Waals surface area contributed by atoms with E-state index in [9.17, 15) is 4.79 Å². The third-order valence-corrected chi connectivity index (χ3v) is 3.35. The number of oxime groups is 1. The molecule has 0 saturated carbocycles. The molecule has 1 aromatic heterocycles. The van der Waals surface area contributed by atoms with E-state index >= 15 is 0 Å². The largest absolute Gasteiger partial charge is 0.434 e. The number of amides is 1. The molecule has 1 aliphatic rings. The fourth-order valence-electron chi connectivity index (χ4n) is 1.99. The second-order valence-electron chi connectivity index (χ2n) is 5.23. The third-order valence-electron chi connectivity index (χ3n) is 3.10. The number of furan rings is 1. The number of amidine groups is 1. The Hall–Kier alpha value is -2.67. The molecule has 0 unspecified atom stereocenters. The van der Waals surface area contributed by atoms with Gasteiger partial charge in [0, 0.05) is 16.7 Å². The molecule has 1 aliphatic heterocycles. The lowest BCUT2D eigenvalue weighted by Crippen LogP contribution is -2.55. The quantitative estimate of drug-likeness (QED) is 0.930. The van der Waals surface area contributed by atoms with E-state index in [0.717, 1.165) is 5.56 Å². The second kappa shape index (κ2) is 5.85. The molecule has 1 amide bonds. The molecule has 0 aliphatic carbocycles. The monoisotopic (exact) mass is 335 g/mol. The SMILES string of the molecule is CC1(C)ON=C(c2ccc(Cl)cc2)N1NC(=O)Oc1ccco1. The molecule has 2 aromatic rings. The van der Waals surface area contributed by atoms with Crippen molar-refractivity contribution < 1.29 is 18.8 Å². The third kappa shape index (κ3) is 3.24. The van der Waals surface area contributed by atoms with Crippen molar-refractivity contribution in [2.45, 2.75) is 19.6 Å². The van der Waals surface area contributed by atoms with Gasteiger partial charge < -0.3 is 14.0 Å². The summed E-state index contributed by atoms with van der Waals surface area (Å²) in [6.45, 7) is 3.51.